The number of aliphatic hydroxyl groups is 3. The van der Waals surface area contributed by atoms with Crippen molar-refractivity contribution in [2.75, 3.05) is 6.61 Å². The summed E-state index contributed by atoms with van der Waals surface area (Å²) in [6.07, 6.45) is -4.96. The van der Waals surface area contributed by atoms with E-state index < -0.39 is 36.9 Å². The van der Waals surface area contributed by atoms with Crippen molar-refractivity contribution in [3.63, 3.8) is 0 Å². The lowest BCUT2D eigenvalue weighted by molar-refractivity contribution is -0.317. The van der Waals surface area contributed by atoms with Crippen molar-refractivity contribution in [2.45, 2.75) is 31.3 Å². The molecular weight excluding hydrogens is 250 g/mol. The third-order valence-corrected chi connectivity index (χ3v) is 1.86. The van der Waals surface area contributed by atoms with Gasteiger partial charge in [-0.3, -0.25) is 4.89 Å². The monoisotopic (exact) mass is 263 g/mol. The van der Waals surface area contributed by atoms with Crippen molar-refractivity contribution in [1.29, 1.82) is 0 Å². The van der Waals surface area contributed by atoms with E-state index >= 15 is 0 Å². The van der Waals surface area contributed by atoms with Gasteiger partial charge in [0.2, 0.25) is 0 Å². The average Bonchev–Trinajstić information content (AvgIpc) is 2.35. The van der Waals surface area contributed by atoms with Crippen LogP contribution in [-0.2, 0) is 19.4 Å². The highest BCUT2D eigenvalue weighted by molar-refractivity contribution is 5.65. The van der Waals surface area contributed by atoms with Gasteiger partial charge in [-0.05, 0) is 5.53 Å². The fourth-order valence-electron chi connectivity index (χ4n) is 0.996. The van der Waals surface area contributed by atoms with Gasteiger partial charge in [0.1, 0.15) is 30.6 Å². The van der Waals surface area contributed by atoms with Gasteiger partial charge in [0.15, 0.2) is 0 Å². The first-order chi connectivity index (χ1) is 8.47. The Morgan fingerprint density at radius 3 is 2.56 bits per heavy atom. The van der Waals surface area contributed by atoms with E-state index in [4.69, 9.17) is 10.6 Å². The average molecular weight is 263 g/mol. The summed E-state index contributed by atoms with van der Waals surface area (Å²) in [7, 11) is 0. The Balaban J connectivity index is 4.94. The van der Waals surface area contributed by atoms with E-state index in [1.54, 1.807) is 0 Å². The molecular formula is C8H13N3O7. The van der Waals surface area contributed by atoms with Crippen LogP contribution in [0.3, 0.4) is 0 Å². The van der Waals surface area contributed by atoms with Crippen LogP contribution in [0.5, 0.6) is 0 Å². The Hall–Kier alpha value is -1.71. The Morgan fingerprint density at radius 2 is 2.17 bits per heavy atom. The van der Waals surface area contributed by atoms with Crippen molar-refractivity contribution >= 4 is 12.3 Å². The van der Waals surface area contributed by atoms with E-state index in [9.17, 15) is 19.8 Å². The Bertz CT molecular complexity index is 331. The van der Waals surface area contributed by atoms with Crippen LogP contribution in [0.1, 0.15) is 6.92 Å². The molecule has 0 radical (unpaired) electrons. The summed E-state index contributed by atoms with van der Waals surface area (Å²) in [6, 6.07) is -1.54. The molecule has 0 spiro atoms. The van der Waals surface area contributed by atoms with Crippen LogP contribution in [0.25, 0.3) is 10.4 Å². The molecule has 0 heterocycles. The van der Waals surface area contributed by atoms with Gasteiger partial charge in [-0.2, -0.15) is 4.89 Å². The highest BCUT2D eigenvalue weighted by Crippen LogP contribution is 2.12. The second-order valence-electron chi connectivity index (χ2n) is 3.21. The molecule has 0 aliphatic carbocycles. The van der Waals surface area contributed by atoms with Gasteiger partial charge >= 0.3 is 5.97 Å². The van der Waals surface area contributed by atoms with Crippen LogP contribution < -0.4 is 0 Å². The molecule has 3 N–H and O–H groups in total. The molecule has 0 fully saturated rings. The van der Waals surface area contributed by atoms with E-state index in [-0.39, 0.29) is 6.29 Å². The van der Waals surface area contributed by atoms with Crippen molar-refractivity contribution in [2.24, 2.45) is 5.11 Å². The highest BCUT2D eigenvalue weighted by atomic mass is 17.2. The first kappa shape index (κ1) is 16.3. The lowest BCUT2D eigenvalue weighted by Gasteiger charge is -2.25. The smallest absolute Gasteiger partial charge is 0.339 e. The molecule has 0 aliphatic rings. The van der Waals surface area contributed by atoms with Crippen LogP contribution in [0, 0.1) is 0 Å². The summed E-state index contributed by atoms with van der Waals surface area (Å²) in [4.78, 5) is 32.1. The molecule has 10 nitrogen and oxygen atoms in total. The zero-order valence-electron chi connectivity index (χ0n) is 9.41. The summed E-state index contributed by atoms with van der Waals surface area (Å²) in [6.45, 7) is 0.165. The van der Waals surface area contributed by atoms with E-state index in [2.05, 4.69) is 19.8 Å². The van der Waals surface area contributed by atoms with Gasteiger partial charge in [0, 0.05) is 11.8 Å². The normalized spacial score (nSPS) is 16.9. The molecule has 10 heteroatoms. The van der Waals surface area contributed by atoms with Crippen LogP contribution >= 0.6 is 0 Å². The second kappa shape index (κ2) is 8.39. The molecule has 0 saturated carbocycles. The molecule has 0 aromatic heterocycles. The first-order valence-corrected chi connectivity index (χ1v) is 4.78. The zero-order chi connectivity index (χ0) is 14.1. The van der Waals surface area contributed by atoms with Crippen molar-refractivity contribution < 1.29 is 34.7 Å². The summed E-state index contributed by atoms with van der Waals surface area (Å²) < 4.78 is 0. The van der Waals surface area contributed by atoms with Crippen LogP contribution in [-0.4, -0.2) is 58.5 Å². The quantitative estimate of drug-likeness (QED) is 0.119. The summed E-state index contributed by atoms with van der Waals surface area (Å²) in [5.74, 6) is -0.878. The molecule has 0 rings (SSSR count). The fraction of sp³-hybridized carbons (Fsp3) is 0.750. The molecule has 0 aromatic carbocycles. The largest absolute Gasteiger partial charge is 0.394 e. The van der Waals surface area contributed by atoms with E-state index in [1.165, 1.54) is 0 Å². The number of aliphatic hydroxyl groups excluding tert-OH is 3. The lowest BCUT2D eigenvalue weighted by atomic mass is 10.0. The summed E-state index contributed by atoms with van der Waals surface area (Å²) in [5, 5.41) is 30.4. The first-order valence-electron chi connectivity index (χ1n) is 4.78. The van der Waals surface area contributed by atoms with Crippen LogP contribution in [0.15, 0.2) is 5.11 Å². The van der Waals surface area contributed by atoms with Gasteiger partial charge in [-0.15, -0.1) is 0 Å². The number of hydrogen-bond donors (Lipinski definition) is 3. The Labute approximate surface area is 101 Å². The number of nitrogens with zero attached hydrogens (tertiary/aromatic N) is 3. The minimum absolute atomic E-state index is 0.140. The fourth-order valence-corrected chi connectivity index (χ4v) is 0.996. The topological polar surface area (TPSA) is 162 Å². The minimum atomic E-state index is -1.80. The highest BCUT2D eigenvalue weighted by Gasteiger charge is 2.35. The van der Waals surface area contributed by atoms with Crippen molar-refractivity contribution in [1.82, 2.24) is 0 Å². The molecule has 0 bridgehead atoms. The number of carbonyl (C=O) groups excluding carboxylic acids is 2. The number of hydrogen-bond acceptors (Lipinski definition) is 8. The molecule has 4 atom stereocenters. The number of rotatable bonds is 8. The maximum atomic E-state index is 10.7. The predicted molar refractivity (Wildman–Crippen MR) is 54.7 cm³/mol. The third-order valence-electron chi connectivity index (χ3n) is 1.86. The van der Waals surface area contributed by atoms with Gasteiger partial charge in [0.25, 0.3) is 0 Å². The lowest BCUT2D eigenvalue weighted by Crippen LogP contribution is -2.47. The summed E-state index contributed by atoms with van der Waals surface area (Å²) in [5.41, 5.74) is 8.21. The number of aldehydes is 1. The minimum Gasteiger partial charge on any atom is -0.394 e. The predicted octanol–water partition coefficient (Wildman–Crippen LogP) is -1.56. The third kappa shape index (κ3) is 5.08. The molecule has 0 aliphatic heterocycles. The molecule has 0 amide bonds. The van der Waals surface area contributed by atoms with Gasteiger partial charge < -0.3 is 20.1 Å². The Kier molecular flexibility index (Phi) is 7.59. The maximum absolute atomic E-state index is 10.7. The second-order valence-corrected chi connectivity index (χ2v) is 3.21. The van der Waals surface area contributed by atoms with Crippen LogP contribution in [0.4, 0.5) is 0 Å². The standard InChI is InChI=1S/C8H13N3O7/c1-4(14)17-18-8(5(2-12)10-11-9)7(16)6(15)3-13/h2,5-8,13,15-16H,3H2,1H3/t5-,6+,7+,8+/m0/s1. The van der Waals surface area contributed by atoms with E-state index in [0.717, 1.165) is 6.92 Å². The molecule has 18 heavy (non-hydrogen) atoms. The number of carbonyl (C=O) groups is 2. The molecule has 0 saturated heterocycles. The molecule has 0 unspecified atom stereocenters. The van der Waals surface area contributed by atoms with E-state index in [0.29, 0.717) is 0 Å². The molecule has 0 aromatic rings. The van der Waals surface area contributed by atoms with E-state index in [1.807, 2.05) is 0 Å². The van der Waals surface area contributed by atoms with Gasteiger partial charge in [-0.25, -0.2) is 4.79 Å². The zero-order valence-corrected chi connectivity index (χ0v) is 9.41. The van der Waals surface area contributed by atoms with Crippen LogP contribution in [0.2, 0.25) is 0 Å². The van der Waals surface area contributed by atoms with Crippen molar-refractivity contribution in [3.05, 3.63) is 10.4 Å². The van der Waals surface area contributed by atoms with Crippen molar-refractivity contribution in [3.8, 4) is 0 Å². The summed E-state index contributed by atoms with van der Waals surface area (Å²) >= 11 is 0. The molecule has 102 valence electrons. The number of azide groups is 1. The van der Waals surface area contributed by atoms with Gasteiger partial charge in [0.05, 0.1) is 6.61 Å². The van der Waals surface area contributed by atoms with Gasteiger partial charge in [-0.1, -0.05) is 5.11 Å². The SMILES string of the molecule is CC(=O)OO[C@@H]([C@H](O)[C@H](O)CO)[C@H](C=O)N=[N+]=[N-]. The Morgan fingerprint density at radius 1 is 1.56 bits per heavy atom. The maximum Gasteiger partial charge on any atom is 0.339 e.